The van der Waals surface area contributed by atoms with Gasteiger partial charge in [0.2, 0.25) is 0 Å². The predicted molar refractivity (Wildman–Crippen MR) is 146 cm³/mol. The summed E-state index contributed by atoms with van der Waals surface area (Å²) in [5.41, 5.74) is 4.01. The molecule has 2 aromatic heterocycles. The highest BCUT2D eigenvalue weighted by molar-refractivity contribution is 5.75. The number of imidazole rings is 1. The van der Waals surface area contributed by atoms with E-state index < -0.39 is 11.6 Å². The fourth-order valence-corrected chi connectivity index (χ4v) is 4.50. The van der Waals surface area contributed by atoms with E-state index in [1.165, 1.54) is 11.8 Å². The monoisotopic (exact) mass is 520 g/mol. The Kier molecular flexibility index (Phi) is 8.89. The third-order valence-corrected chi connectivity index (χ3v) is 6.41. The van der Waals surface area contributed by atoms with Crippen molar-refractivity contribution in [3.63, 3.8) is 0 Å². The number of halogens is 2. The number of fused-ring (bicyclic) bond motifs is 1. The van der Waals surface area contributed by atoms with E-state index in [2.05, 4.69) is 51.5 Å². The molecule has 4 rings (SSSR count). The summed E-state index contributed by atoms with van der Waals surface area (Å²) in [5.74, 6) is -1.25. The highest BCUT2D eigenvalue weighted by Gasteiger charge is 2.16. The van der Waals surface area contributed by atoms with E-state index in [-0.39, 0.29) is 25.2 Å². The Morgan fingerprint density at radius 1 is 1.03 bits per heavy atom. The van der Waals surface area contributed by atoms with Crippen molar-refractivity contribution in [2.24, 2.45) is 0 Å². The van der Waals surface area contributed by atoms with Gasteiger partial charge in [0, 0.05) is 25.0 Å². The van der Waals surface area contributed by atoms with E-state index in [0.717, 1.165) is 43.6 Å². The van der Waals surface area contributed by atoms with E-state index in [9.17, 15) is 13.6 Å². The molecule has 0 spiro atoms. The molecule has 7 nitrogen and oxygen atoms in total. The first-order valence-electron chi connectivity index (χ1n) is 13.0. The number of nitrogens with one attached hydrogen (secondary N) is 2. The molecule has 2 N–H and O–H groups in total. The Hall–Kier alpha value is -4.01. The van der Waals surface area contributed by atoms with Gasteiger partial charge in [-0.25, -0.2) is 23.5 Å². The summed E-state index contributed by atoms with van der Waals surface area (Å²) in [6.07, 6.45) is 3.82. The van der Waals surface area contributed by atoms with Crippen molar-refractivity contribution >= 4 is 22.9 Å². The molecule has 200 valence electrons. The molecule has 0 aliphatic carbocycles. The van der Waals surface area contributed by atoms with Crippen molar-refractivity contribution in [2.45, 2.75) is 52.7 Å². The van der Waals surface area contributed by atoms with Gasteiger partial charge >= 0.3 is 6.03 Å². The van der Waals surface area contributed by atoms with E-state index in [1.54, 1.807) is 16.8 Å². The van der Waals surface area contributed by atoms with Crippen LogP contribution in [0.25, 0.3) is 11.2 Å². The van der Waals surface area contributed by atoms with Crippen LogP contribution in [0.3, 0.4) is 0 Å². The minimum atomic E-state index is -0.913. The SMILES string of the molecule is CCCN(CCC)c1ccc([C@H](C)NC(=O)NCc2nc3cccnc3n2Cc2ccc(F)c(F)c2)cc1. The molecule has 0 aliphatic rings. The number of benzene rings is 2. The van der Waals surface area contributed by atoms with Gasteiger partial charge in [0.25, 0.3) is 0 Å². The second kappa shape index (κ2) is 12.5. The van der Waals surface area contributed by atoms with E-state index in [4.69, 9.17) is 0 Å². The van der Waals surface area contributed by atoms with E-state index in [0.29, 0.717) is 22.6 Å². The molecule has 38 heavy (non-hydrogen) atoms. The van der Waals surface area contributed by atoms with Crippen LogP contribution >= 0.6 is 0 Å². The zero-order valence-electron chi connectivity index (χ0n) is 22.0. The predicted octanol–water partition coefficient (Wildman–Crippen LogP) is 5.94. The van der Waals surface area contributed by atoms with Crippen LogP contribution in [0, 0.1) is 11.6 Å². The third-order valence-electron chi connectivity index (χ3n) is 6.41. The zero-order chi connectivity index (χ0) is 27.1. The molecule has 0 unspecified atom stereocenters. The molecule has 0 saturated carbocycles. The average molecular weight is 521 g/mol. The van der Waals surface area contributed by atoms with Crippen LogP contribution in [0.15, 0.2) is 60.8 Å². The molecular weight excluding hydrogens is 486 g/mol. The standard InChI is InChI=1S/C29H34F2N6O/c1-4-15-36(16-5-2)23-11-9-22(10-12-23)20(3)34-29(38)33-18-27-35-26-7-6-14-32-28(26)37(27)19-21-8-13-24(30)25(31)17-21/h6-14,17,20H,4-5,15-16,18-19H2,1-3H3,(H2,33,34,38)/t20-/m0/s1. The number of carbonyl (C=O) groups excluding carboxylic acids is 1. The van der Waals surface area contributed by atoms with Gasteiger partial charge in [-0.1, -0.05) is 32.0 Å². The molecule has 9 heteroatoms. The number of amides is 2. The second-order valence-corrected chi connectivity index (χ2v) is 9.34. The van der Waals surface area contributed by atoms with Crippen LogP contribution in [0.2, 0.25) is 0 Å². The topological polar surface area (TPSA) is 75.1 Å². The normalized spacial score (nSPS) is 11.9. The molecule has 2 aromatic carbocycles. The first-order valence-corrected chi connectivity index (χ1v) is 13.0. The van der Waals surface area contributed by atoms with Crippen LogP contribution in [-0.4, -0.2) is 33.7 Å². The Labute approximate surface area is 221 Å². The van der Waals surface area contributed by atoms with Gasteiger partial charge < -0.3 is 20.1 Å². The lowest BCUT2D eigenvalue weighted by Crippen LogP contribution is -2.37. The third kappa shape index (κ3) is 6.45. The number of aromatic nitrogens is 3. The fraction of sp³-hybridized carbons (Fsp3) is 0.345. The van der Waals surface area contributed by atoms with Crippen LogP contribution in [0.5, 0.6) is 0 Å². The van der Waals surface area contributed by atoms with Crippen molar-refractivity contribution in [1.29, 1.82) is 0 Å². The highest BCUT2D eigenvalue weighted by atomic mass is 19.2. The molecule has 0 fully saturated rings. The number of carbonyl (C=O) groups is 1. The lowest BCUT2D eigenvalue weighted by molar-refractivity contribution is 0.237. The molecule has 1 atom stereocenters. The Morgan fingerprint density at radius 2 is 1.76 bits per heavy atom. The maximum Gasteiger partial charge on any atom is 0.315 e. The van der Waals surface area contributed by atoms with Gasteiger partial charge in [-0.15, -0.1) is 0 Å². The first kappa shape index (κ1) is 27.0. The molecule has 0 bridgehead atoms. The molecule has 0 saturated heterocycles. The smallest absolute Gasteiger partial charge is 0.315 e. The van der Waals surface area contributed by atoms with E-state index >= 15 is 0 Å². The number of hydrogen-bond donors (Lipinski definition) is 2. The van der Waals surface area contributed by atoms with Crippen LogP contribution < -0.4 is 15.5 Å². The van der Waals surface area contributed by atoms with Gasteiger partial charge in [0.1, 0.15) is 11.3 Å². The van der Waals surface area contributed by atoms with Crippen molar-refractivity contribution in [3.05, 3.63) is 89.4 Å². The minimum absolute atomic E-state index is 0.139. The van der Waals surface area contributed by atoms with Gasteiger partial charge in [-0.2, -0.15) is 0 Å². The Bertz CT molecular complexity index is 1370. The minimum Gasteiger partial charge on any atom is -0.372 e. The molecule has 0 radical (unpaired) electrons. The van der Waals surface area contributed by atoms with Crippen LogP contribution in [0.1, 0.15) is 56.6 Å². The second-order valence-electron chi connectivity index (χ2n) is 9.34. The number of hydrogen-bond acceptors (Lipinski definition) is 4. The summed E-state index contributed by atoms with van der Waals surface area (Å²) < 4.78 is 29.0. The van der Waals surface area contributed by atoms with Crippen molar-refractivity contribution in [3.8, 4) is 0 Å². The van der Waals surface area contributed by atoms with Crippen molar-refractivity contribution in [2.75, 3.05) is 18.0 Å². The Morgan fingerprint density at radius 3 is 2.45 bits per heavy atom. The summed E-state index contributed by atoms with van der Waals surface area (Å²) in [7, 11) is 0. The largest absolute Gasteiger partial charge is 0.372 e. The van der Waals surface area contributed by atoms with Gasteiger partial charge in [-0.05, 0) is 67.3 Å². The van der Waals surface area contributed by atoms with Crippen LogP contribution in [0.4, 0.5) is 19.3 Å². The number of urea groups is 1. The molecule has 2 heterocycles. The van der Waals surface area contributed by atoms with Crippen molar-refractivity contribution in [1.82, 2.24) is 25.2 Å². The summed E-state index contributed by atoms with van der Waals surface area (Å²) >= 11 is 0. The Balaban J connectivity index is 1.42. The number of nitrogens with zero attached hydrogens (tertiary/aromatic N) is 4. The maximum atomic E-state index is 13.8. The van der Waals surface area contributed by atoms with Crippen LogP contribution in [-0.2, 0) is 13.1 Å². The maximum absolute atomic E-state index is 13.8. The van der Waals surface area contributed by atoms with E-state index in [1.807, 2.05) is 25.1 Å². The average Bonchev–Trinajstić information content (AvgIpc) is 3.26. The number of rotatable bonds is 11. The number of anilines is 1. The summed E-state index contributed by atoms with van der Waals surface area (Å²) in [6, 6.07) is 15.1. The molecule has 4 aromatic rings. The zero-order valence-corrected chi connectivity index (χ0v) is 22.0. The lowest BCUT2D eigenvalue weighted by Gasteiger charge is -2.24. The highest BCUT2D eigenvalue weighted by Crippen LogP contribution is 2.21. The number of pyridine rings is 1. The first-order chi connectivity index (χ1) is 18.4. The van der Waals surface area contributed by atoms with Gasteiger partial charge in [0.05, 0.1) is 19.1 Å². The molecular formula is C29H34F2N6O. The summed E-state index contributed by atoms with van der Waals surface area (Å²) in [4.78, 5) is 24.1. The van der Waals surface area contributed by atoms with Crippen molar-refractivity contribution < 1.29 is 13.6 Å². The van der Waals surface area contributed by atoms with Gasteiger partial charge in [0.15, 0.2) is 17.3 Å². The molecule has 2 amide bonds. The summed E-state index contributed by atoms with van der Waals surface area (Å²) in [6.45, 7) is 8.69. The van der Waals surface area contributed by atoms with Gasteiger partial charge in [-0.3, -0.25) is 0 Å². The molecule has 0 aliphatic heterocycles. The lowest BCUT2D eigenvalue weighted by atomic mass is 10.1. The fourth-order valence-electron chi connectivity index (χ4n) is 4.50. The summed E-state index contributed by atoms with van der Waals surface area (Å²) in [5, 5.41) is 5.84. The quantitative estimate of drug-likeness (QED) is 0.257.